The third kappa shape index (κ3) is 3.48. The van der Waals surface area contributed by atoms with Gasteiger partial charge in [-0.1, -0.05) is 0 Å². The normalized spacial score (nSPS) is 11.8. The van der Waals surface area contributed by atoms with Crippen molar-refractivity contribution in [1.82, 2.24) is 20.1 Å². The first kappa shape index (κ1) is 12.9. The van der Waals surface area contributed by atoms with Gasteiger partial charge in [0.25, 0.3) is 11.7 Å². The fraction of sp³-hybridized carbons (Fsp3) is 0.231. The number of hydrogen-bond donors (Lipinski definition) is 1. The van der Waals surface area contributed by atoms with Gasteiger partial charge in [0.05, 0.1) is 6.54 Å². The summed E-state index contributed by atoms with van der Waals surface area (Å²) >= 11 is 0. The summed E-state index contributed by atoms with van der Waals surface area (Å²) in [7, 11) is 0. The van der Waals surface area contributed by atoms with Gasteiger partial charge in [0.2, 0.25) is 0 Å². The van der Waals surface area contributed by atoms with E-state index in [1.807, 2.05) is 6.92 Å². The summed E-state index contributed by atoms with van der Waals surface area (Å²) in [5.74, 6) is -1.21. The third-order valence-electron chi connectivity index (χ3n) is 2.53. The van der Waals surface area contributed by atoms with Crippen LogP contribution < -0.4 is 5.32 Å². The molecule has 6 heteroatoms. The zero-order chi connectivity index (χ0) is 13.7. The second-order valence-electron chi connectivity index (χ2n) is 4.17. The molecule has 1 atom stereocenters. The van der Waals surface area contributed by atoms with E-state index in [9.17, 15) is 9.59 Å². The molecule has 0 aromatic carbocycles. The van der Waals surface area contributed by atoms with Crippen molar-refractivity contribution in [2.24, 2.45) is 0 Å². The highest BCUT2D eigenvalue weighted by Gasteiger charge is 2.18. The number of amides is 1. The first-order chi connectivity index (χ1) is 9.16. The van der Waals surface area contributed by atoms with E-state index in [0.717, 1.165) is 0 Å². The minimum atomic E-state index is -0.632. The number of nitrogens with one attached hydrogen (secondary N) is 1. The molecule has 0 spiro atoms. The zero-order valence-corrected chi connectivity index (χ0v) is 10.5. The Bertz CT molecular complexity index is 551. The van der Waals surface area contributed by atoms with Crippen LogP contribution >= 0.6 is 0 Å². The van der Waals surface area contributed by atoms with Crippen molar-refractivity contribution in [1.29, 1.82) is 0 Å². The molecule has 0 aliphatic carbocycles. The molecule has 19 heavy (non-hydrogen) atoms. The summed E-state index contributed by atoms with van der Waals surface area (Å²) in [5, 5.41) is 6.68. The minimum Gasteiger partial charge on any atom is -0.345 e. The molecule has 0 aliphatic heterocycles. The van der Waals surface area contributed by atoms with Crippen LogP contribution in [0.15, 0.2) is 43.0 Å². The van der Waals surface area contributed by atoms with E-state index in [1.54, 1.807) is 41.5 Å². The topological polar surface area (TPSA) is 76.9 Å². The lowest BCUT2D eigenvalue weighted by molar-refractivity contribution is -0.117. The summed E-state index contributed by atoms with van der Waals surface area (Å²) in [5.41, 5.74) is 0.284. The molecule has 0 radical (unpaired) electrons. The van der Waals surface area contributed by atoms with Crippen LogP contribution in [0.5, 0.6) is 0 Å². The number of hydrogen-bond acceptors (Lipinski definition) is 4. The Morgan fingerprint density at radius 1 is 1.37 bits per heavy atom. The Balaban J connectivity index is 1.92. The Labute approximate surface area is 110 Å². The predicted molar refractivity (Wildman–Crippen MR) is 68.4 cm³/mol. The van der Waals surface area contributed by atoms with Gasteiger partial charge in [0, 0.05) is 36.4 Å². The Kier molecular flexibility index (Phi) is 4.02. The van der Waals surface area contributed by atoms with Crippen LogP contribution in [0.2, 0.25) is 0 Å². The van der Waals surface area contributed by atoms with Crippen molar-refractivity contribution in [2.75, 3.05) is 0 Å². The molecule has 0 unspecified atom stereocenters. The highest BCUT2D eigenvalue weighted by atomic mass is 16.2. The maximum atomic E-state index is 11.8. The summed E-state index contributed by atoms with van der Waals surface area (Å²) in [4.78, 5) is 27.4. The number of aromatic nitrogens is 3. The van der Waals surface area contributed by atoms with Crippen molar-refractivity contribution in [3.63, 3.8) is 0 Å². The zero-order valence-electron chi connectivity index (χ0n) is 10.5. The first-order valence-electron chi connectivity index (χ1n) is 5.89. The van der Waals surface area contributed by atoms with E-state index in [0.29, 0.717) is 6.54 Å². The lowest BCUT2D eigenvalue weighted by atomic mass is 10.2. The predicted octanol–water partition coefficient (Wildman–Crippen LogP) is 0.666. The van der Waals surface area contributed by atoms with Crippen molar-refractivity contribution < 1.29 is 9.59 Å². The van der Waals surface area contributed by atoms with Crippen molar-refractivity contribution in [3.05, 3.63) is 48.5 Å². The van der Waals surface area contributed by atoms with Gasteiger partial charge in [-0.25, -0.2) is 0 Å². The fourth-order valence-electron chi connectivity index (χ4n) is 1.65. The average Bonchev–Trinajstić information content (AvgIpc) is 2.91. The molecule has 0 bridgehead atoms. The second kappa shape index (κ2) is 5.90. The van der Waals surface area contributed by atoms with E-state index in [4.69, 9.17) is 0 Å². The molecular weight excluding hydrogens is 244 g/mol. The van der Waals surface area contributed by atoms with Crippen LogP contribution in [0.1, 0.15) is 17.3 Å². The maximum Gasteiger partial charge on any atom is 0.292 e. The van der Waals surface area contributed by atoms with Gasteiger partial charge in [0.1, 0.15) is 0 Å². The summed E-state index contributed by atoms with van der Waals surface area (Å²) in [6.07, 6.45) is 6.38. The number of nitrogens with zero attached hydrogens (tertiary/aromatic N) is 3. The Morgan fingerprint density at radius 3 is 2.84 bits per heavy atom. The SMILES string of the molecule is C[C@H](Cn1cccn1)NC(=O)C(=O)c1cccnc1. The van der Waals surface area contributed by atoms with E-state index >= 15 is 0 Å². The molecule has 0 saturated carbocycles. The van der Waals surface area contributed by atoms with E-state index < -0.39 is 11.7 Å². The molecule has 6 nitrogen and oxygen atoms in total. The molecule has 1 amide bonds. The first-order valence-corrected chi connectivity index (χ1v) is 5.89. The molecule has 0 saturated heterocycles. The number of carbonyl (C=O) groups excluding carboxylic acids is 2. The second-order valence-corrected chi connectivity index (χ2v) is 4.17. The molecule has 2 heterocycles. The summed E-state index contributed by atoms with van der Waals surface area (Å²) < 4.78 is 1.69. The highest BCUT2D eigenvalue weighted by Crippen LogP contribution is 1.98. The molecular formula is C13H14N4O2. The lowest BCUT2D eigenvalue weighted by Gasteiger charge is -2.13. The average molecular weight is 258 g/mol. The molecule has 0 fully saturated rings. The Morgan fingerprint density at radius 2 is 2.21 bits per heavy atom. The largest absolute Gasteiger partial charge is 0.345 e. The standard InChI is InChI=1S/C13H14N4O2/c1-10(9-17-7-3-6-15-17)16-13(19)12(18)11-4-2-5-14-8-11/h2-8,10H,9H2,1H3,(H,16,19)/t10-/m1/s1. The molecule has 2 aromatic rings. The van der Waals surface area contributed by atoms with E-state index in [2.05, 4.69) is 15.4 Å². The molecule has 0 aliphatic rings. The van der Waals surface area contributed by atoms with E-state index in [1.165, 1.54) is 6.20 Å². The quantitative estimate of drug-likeness (QED) is 0.631. The van der Waals surface area contributed by atoms with Gasteiger partial charge in [0.15, 0.2) is 0 Å². The van der Waals surface area contributed by atoms with Gasteiger partial charge in [-0.2, -0.15) is 5.10 Å². The van der Waals surface area contributed by atoms with Gasteiger partial charge in [-0.3, -0.25) is 19.3 Å². The van der Waals surface area contributed by atoms with Crippen LogP contribution in [-0.4, -0.2) is 32.5 Å². The monoisotopic (exact) mass is 258 g/mol. The van der Waals surface area contributed by atoms with Crippen LogP contribution in [0.3, 0.4) is 0 Å². The van der Waals surface area contributed by atoms with Crippen LogP contribution in [0.4, 0.5) is 0 Å². The molecule has 2 rings (SSSR count). The smallest absolute Gasteiger partial charge is 0.292 e. The summed E-state index contributed by atoms with van der Waals surface area (Å²) in [6, 6.07) is 4.80. The van der Waals surface area contributed by atoms with Crippen molar-refractivity contribution in [2.45, 2.75) is 19.5 Å². The van der Waals surface area contributed by atoms with Crippen LogP contribution in [0, 0.1) is 0 Å². The molecule has 98 valence electrons. The fourth-order valence-corrected chi connectivity index (χ4v) is 1.65. The van der Waals surface area contributed by atoms with Crippen molar-refractivity contribution >= 4 is 11.7 Å². The lowest BCUT2D eigenvalue weighted by Crippen LogP contribution is -2.40. The van der Waals surface area contributed by atoms with Gasteiger partial charge >= 0.3 is 0 Å². The van der Waals surface area contributed by atoms with Gasteiger partial charge in [-0.15, -0.1) is 0 Å². The number of rotatable bonds is 5. The minimum absolute atomic E-state index is 0.187. The van der Waals surface area contributed by atoms with Gasteiger partial charge in [-0.05, 0) is 25.1 Å². The Hall–Kier alpha value is -2.50. The third-order valence-corrected chi connectivity index (χ3v) is 2.53. The van der Waals surface area contributed by atoms with Gasteiger partial charge < -0.3 is 5.32 Å². The highest BCUT2D eigenvalue weighted by molar-refractivity contribution is 6.42. The summed E-state index contributed by atoms with van der Waals surface area (Å²) in [6.45, 7) is 2.33. The van der Waals surface area contributed by atoms with Crippen LogP contribution in [-0.2, 0) is 11.3 Å². The number of ketones is 1. The maximum absolute atomic E-state index is 11.8. The molecule has 2 aromatic heterocycles. The van der Waals surface area contributed by atoms with E-state index in [-0.39, 0.29) is 11.6 Å². The molecule has 1 N–H and O–H groups in total. The van der Waals surface area contributed by atoms with Crippen molar-refractivity contribution in [3.8, 4) is 0 Å². The number of Topliss-reactive ketones (excluding diaryl/α,β-unsaturated/α-hetero) is 1. The number of carbonyl (C=O) groups is 2. The van der Waals surface area contributed by atoms with Crippen LogP contribution in [0.25, 0.3) is 0 Å². The number of pyridine rings is 1.